The van der Waals surface area contributed by atoms with Crippen LogP contribution in [-0.4, -0.2) is 46.2 Å². The van der Waals surface area contributed by atoms with Gasteiger partial charge in [0.1, 0.15) is 0 Å². The van der Waals surface area contributed by atoms with E-state index in [9.17, 15) is 10.1 Å². The zero-order valence-corrected chi connectivity index (χ0v) is 10.4. The van der Waals surface area contributed by atoms with Crippen LogP contribution >= 0.6 is 0 Å². The number of aromatic nitrogens is 2. The maximum Gasteiger partial charge on any atom is 0.353 e. The predicted molar refractivity (Wildman–Crippen MR) is 70.1 cm³/mol. The Morgan fingerprint density at radius 1 is 1.42 bits per heavy atom. The number of aliphatic hydroxyl groups excluding tert-OH is 1. The number of aliphatic hydroxyl groups is 1. The molecule has 19 heavy (non-hydrogen) atoms. The molecule has 1 aromatic heterocycles. The molecule has 9 nitrogen and oxygen atoms in total. The predicted octanol–water partition coefficient (Wildman–Crippen LogP) is -0.0286. The summed E-state index contributed by atoms with van der Waals surface area (Å²) in [5.41, 5.74) is 5.29. The van der Waals surface area contributed by atoms with Gasteiger partial charge in [-0.1, -0.05) is 0 Å². The van der Waals surface area contributed by atoms with E-state index >= 15 is 0 Å². The maximum atomic E-state index is 11.0. The van der Waals surface area contributed by atoms with Gasteiger partial charge in [0.15, 0.2) is 0 Å². The Kier molecular flexibility index (Phi) is 3.95. The molecule has 0 aliphatic carbocycles. The van der Waals surface area contributed by atoms with Gasteiger partial charge in [-0.15, -0.1) is 0 Å². The van der Waals surface area contributed by atoms with E-state index < -0.39 is 4.92 Å². The fourth-order valence-corrected chi connectivity index (χ4v) is 2.00. The van der Waals surface area contributed by atoms with Crippen LogP contribution in [0.3, 0.4) is 0 Å². The molecule has 0 aromatic carbocycles. The van der Waals surface area contributed by atoms with Gasteiger partial charge in [0, 0.05) is 19.6 Å². The lowest BCUT2D eigenvalue weighted by Crippen LogP contribution is -2.22. The van der Waals surface area contributed by atoms with Gasteiger partial charge >= 0.3 is 5.69 Å². The van der Waals surface area contributed by atoms with Crippen molar-refractivity contribution in [2.45, 2.75) is 12.8 Å². The van der Waals surface area contributed by atoms with Crippen molar-refractivity contribution in [3.05, 3.63) is 10.1 Å². The van der Waals surface area contributed by atoms with Crippen LogP contribution in [0.1, 0.15) is 12.8 Å². The van der Waals surface area contributed by atoms with Crippen LogP contribution in [0.4, 0.5) is 23.3 Å². The molecule has 2 rings (SSSR count). The summed E-state index contributed by atoms with van der Waals surface area (Å²) in [6, 6.07) is 0. The number of nitrogen functional groups attached to an aromatic ring is 1. The highest BCUT2D eigenvalue weighted by Crippen LogP contribution is 2.30. The van der Waals surface area contributed by atoms with Crippen molar-refractivity contribution in [2.75, 3.05) is 42.2 Å². The quantitative estimate of drug-likeness (QED) is 0.501. The number of hydrogen-bond acceptors (Lipinski definition) is 8. The smallest absolute Gasteiger partial charge is 0.353 e. The van der Waals surface area contributed by atoms with Gasteiger partial charge < -0.3 is 21.1 Å². The summed E-state index contributed by atoms with van der Waals surface area (Å²) >= 11 is 0. The third-order valence-corrected chi connectivity index (χ3v) is 2.87. The molecule has 0 saturated carbocycles. The van der Waals surface area contributed by atoms with Gasteiger partial charge in [-0.25, -0.2) is 0 Å². The van der Waals surface area contributed by atoms with Crippen molar-refractivity contribution in [3.8, 4) is 0 Å². The Morgan fingerprint density at radius 3 is 2.68 bits per heavy atom. The molecule has 1 aliphatic rings. The second-order valence-corrected chi connectivity index (χ2v) is 4.21. The molecule has 9 heteroatoms. The molecular formula is C10H16N6O3. The number of nitro groups is 1. The maximum absolute atomic E-state index is 11.0. The van der Waals surface area contributed by atoms with Gasteiger partial charge in [-0.3, -0.25) is 10.1 Å². The average Bonchev–Trinajstić information content (AvgIpc) is 2.88. The highest BCUT2D eigenvalue weighted by atomic mass is 16.6. The normalized spacial score (nSPS) is 14.7. The van der Waals surface area contributed by atoms with Crippen LogP contribution in [0, 0.1) is 10.1 Å². The van der Waals surface area contributed by atoms with Gasteiger partial charge in [-0.2, -0.15) is 9.97 Å². The molecule has 0 unspecified atom stereocenters. The van der Waals surface area contributed by atoms with Gasteiger partial charge in [-0.05, 0) is 12.8 Å². The lowest BCUT2D eigenvalue weighted by molar-refractivity contribution is -0.383. The lowest BCUT2D eigenvalue weighted by atomic mass is 10.4. The first kappa shape index (κ1) is 13.3. The molecule has 1 saturated heterocycles. The molecular weight excluding hydrogens is 252 g/mol. The van der Waals surface area contributed by atoms with Crippen molar-refractivity contribution in [1.82, 2.24) is 9.97 Å². The molecule has 0 atom stereocenters. The number of nitrogens with zero attached hydrogens (tertiary/aromatic N) is 4. The van der Waals surface area contributed by atoms with Crippen molar-refractivity contribution >= 4 is 23.3 Å². The summed E-state index contributed by atoms with van der Waals surface area (Å²) in [4.78, 5) is 20.4. The molecule has 0 radical (unpaired) electrons. The minimum Gasteiger partial charge on any atom is -0.395 e. The first-order valence-electron chi connectivity index (χ1n) is 6.05. The van der Waals surface area contributed by atoms with Crippen molar-refractivity contribution < 1.29 is 10.0 Å². The monoisotopic (exact) mass is 268 g/mol. The fourth-order valence-electron chi connectivity index (χ4n) is 2.00. The molecule has 1 fully saturated rings. The van der Waals surface area contributed by atoms with Crippen LogP contribution in [-0.2, 0) is 0 Å². The number of hydrogen-bond donors (Lipinski definition) is 3. The number of nitrogens with one attached hydrogen (secondary N) is 1. The third kappa shape index (κ3) is 2.81. The summed E-state index contributed by atoms with van der Waals surface area (Å²) in [5.74, 6) is 0.275. The van der Waals surface area contributed by atoms with Crippen LogP contribution in [0.15, 0.2) is 0 Å². The standard InChI is InChI=1S/C10H16N6O3/c11-8-7(16(18)19)9(12-3-6-17)14-10(13-8)15-4-1-2-5-15/h17H,1-6H2,(H3,11,12,13,14). The van der Waals surface area contributed by atoms with Crippen LogP contribution < -0.4 is 16.0 Å². The Hall–Kier alpha value is -2.16. The van der Waals surface area contributed by atoms with Crippen LogP contribution in [0.25, 0.3) is 0 Å². The van der Waals surface area contributed by atoms with Gasteiger partial charge in [0.05, 0.1) is 11.5 Å². The minimum absolute atomic E-state index is 0.0495. The van der Waals surface area contributed by atoms with Crippen molar-refractivity contribution in [2.24, 2.45) is 0 Å². The number of rotatable bonds is 5. The Bertz CT molecular complexity index is 475. The number of anilines is 3. The zero-order valence-electron chi connectivity index (χ0n) is 10.4. The van der Waals surface area contributed by atoms with E-state index in [2.05, 4.69) is 15.3 Å². The Balaban J connectivity index is 2.37. The minimum atomic E-state index is -0.622. The van der Waals surface area contributed by atoms with E-state index in [1.807, 2.05) is 4.90 Å². The van der Waals surface area contributed by atoms with Crippen molar-refractivity contribution in [1.29, 1.82) is 0 Å². The molecule has 0 bridgehead atoms. The Morgan fingerprint density at radius 2 is 2.11 bits per heavy atom. The van der Waals surface area contributed by atoms with E-state index in [-0.39, 0.29) is 30.5 Å². The number of nitrogens with two attached hydrogens (primary N) is 1. The molecule has 1 aliphatic heterocycles. The SMILES string of the molecule is Nc1nc(N2CCCC2)nc(NCCO)c1[N+](=O)[O-]. The second-order valence-electron chi connectivity index (χ2n) is 4.21. The van der Waals surface area contributed by atoms with E-state index in [1.165, 1.54) is 0 Å². The van der Waals surface area contributed by atoms with Crippen molar-refractivity contribution in [3.63, 3.8) is 0 Å². The highest BCUT2D eigenvalue weighted by molar-refractivity contribution is 5.70. The first-order chi connectivity index (χ1) is 9.13. The van der Waals surface area contributed by atoms with Gasteiger partial charge in [0.2, 0.25) is 17.6 Å². The highest BCUT2D eigenvalue weighted by Gasteiger charge is 2.25. The van der Waals surface area contributed by atoms with E-state index in [0.29, 0.717) is 5.95 Å². The molecule has 2 heterocycles. The molecule has 1 aromatic rings. The fraction of sp³-hybridized carbons (Fsp3) is 0.600. The summed E-state index contributed by atoms with van der Waals surface area (Å²) in [6.45, 7) is 1.64. The lowest BCUT2D eigenvalue weighted by Gasteiger charge is -2.16. The molecule has 4 N–H and O–H groups in total. The topological polar surface area (TPSA) is 130 Å². The average molecular weight is 268 g/mol. The van der Waals surface area contributed by atoms with Crippen LogP contribution in [0.2, 0.25) is 0 Å². The first-order valence-corrected chi connectivity index (χ1v) is 6.05. The third-order valence-electron chi connectivity index (χ3n) is 2.87. The molecule has 0 spiro atoms. The van der Waals surface area contributed by atoms with Gasteiger partial charge in [0.25, 0.3) is 0 Å². The van der Waals surface area contributed by atoms with E-state index in [0.717, 1.165) is 25.9 Å². The van der Waals surface area contributed by atoms with E-state index in [4.69, 9.17) is 10.8 Å². The molecule has 104 valence electrons. The Labute approximate surface area is 109 Å². The van der Waals surface area contributed by atoms with Crippen LogP contribution in [0.5, 0.6) is 0 Å². The summed E-state index contributed by atoms with van der Waals surface area (Å²) in [5, 5.41) is 22.5. The molecule has 0 amide bonds. The summed E-state index contributed by atoms with van der Waals surface area (Å²) in [6.07, 6.45) is 2.08. The largest absolute Gasteiger partial charge is 0.395 e. The summed E-state index contributed by atoms with van der Waals surface area (Å²) in [7, 11) is 0. The second kappa shape index (κ2) is 5.65. The summed E-state index contributed by atoms with van der Waals surface area (Å²) < 4.78 is 0. The van der Waals surface area contributed by atoms with E-state index in [1.54, 1.807) is 0 Å². The zero-order chi connectivity index (χ0) is 13.8.